The van der Waals surface area contributed by atoms with Gasteiger partial charge in [0.1, 0.15) is 11.3 Å². The van der Waals surface area contributed by atoms with Gasteiger partial charge in [-0.25, -0.2) is 0 Å². The second-order valence-electron chi connectivity index (χ2n) is 5.53. The van der Waals surface area contributed by atoms with E-state index in [1.165, 1.54) is 0 Å². The Balaban J connectivity index is 1.74. The molecule has 2 bridgehead atoms. The molecule has 2 aromatic rings. The van der Waals surface area contributed by atoms with Gasteiger partial charge in [-0.3, -0.25) is 0 Å². The molecule has 98 valence electrons. The van der Waals surface area contributed by atoms with E-state index in [0.717, 1.165) is 48.4 Å². The highest BCUT2D eigenvalue weighted by molar-refractivity contribution is 5.79. The summed E-state index contributed by atoms with van der Waals surface area (Å²) >= 11 is 0. The number of piperidine rings is 3. The zero-order valence-corrected chi connectivity index (χ0v) is 10.7. The lowest BCUT2D eigenvalue weighted by Gasteiger charge is -2.45. The Morgan fingerprint density at radius 2 is 2.00 bits per heavy atom. The van der Waals surface area contributed by atoms with Crippen LogP contribution in [0, 0.1) is 5.92 Å². The van der Waals surface area contributed by atoms with Crippen molar-refractivity contribution in [3.8, 4) is 0 Å². The van der Waals surface area contributed by atoms with Crippen molar-refractivity contribution in [2.75, 3.05) is 13.1 Å². The average Bonchev–Trinajstić information content (AvgIpc) is 2.85. The summed E-state index contributed by atoms with van der Waals surface area (Å²) in [6.45, 7) is 2.13. The summed E-state index contributed by atoms with van der Waals surface area (Å²) < 4.78 is 5.81. The molecule has 3 fully saturated rings. The van der Waals surface area contributed by atoms with Crippen molar-refractivity contribution in [1.82, 2.24) is 4.90 Å². The van der Waals surface area contributed by atoms with Gasteiger partial charge in [-0.1, -0.05) is 18.2 Å². The van der Waals surface area contributed by atoms with Crippen molar-refractivity contribution in [3.63, 3.8) is 0 Å². The maximum Gasteiger partial charge on any atom is 0.134 e. The lowest BCUT2D eigenvalue weighted by atomic mass is 9.83. The van der Waals surface area contributed by atoms with E-state index in [1.54, 1.807) is 0 Å². The van der Waals surface area contributed by atoms with Gasteiger partial charge in [0.15, 0.2) is 0 Å². The molecular formula is C16H17NO2. The van der Waals surface area contributed by atoms with Crippen LogP contribution in [-0.2, 0) is 0 Å². The van der Waals surface area contributed by atoms with Gasteiger partial charge in [-0.2, -0.15) is 0 Å². The minimum Gasteiger partial charge on any atom is -0.457 e. The predicted molar refractivity (Wildman–Crippen MR) is 74.5 cm³/mol. The second-order valence-corrected chi connectivity index (χ2v) is 5.53. The normalized spacial score (nSPS) is 28.5. The zero-order chi connectivity index (χ0) is 12.8. The molecule has 1 atom stereocenters. The summed E-state index contributed by atoms with van der Waals surface area (Å²) in [5.41, 5.74) is 1.93. The van der Waals surface area contributed by atoms with Gasteiger partial charge in [0.25, 0.3) is 0 Å². The first kappa shape index (κ1) is 11.1. The molecule has 3 heteroatoms. The quantitative estimate of drug-likeness (QED) is 0.851. The van der Waals surface area contributed by atoms with Crippen molar-refractivity contribution in [2.24, 2.45) is 5.92 Å². The van der Waals surface area contributed by atoms with Gasteiger partial charge in [0.2, 0.25) is 0 Å². The number of hydrogen-bond donors (Lipinski definition) is 1. The van der Waals surface area contributed by atoms with E-state index in [0.29, 0.717) is 5.92 Å². The molecule has 3 saturated heterocycles. The third kappa shape index (κ3) is 1.77. The van der Waals surface area contributed by atoms with Crippen LogP contribution in [0.5, 0.6) is 0 Å². The molecule has 0 amide bonds. The zero-order valence-electron chi connectivity index (χ0n) is 10.7. The van der Waals surface area contributed by atoms with Crippen molar-refractivity contribution < 1.29 is 9.52 Å². The van der Waals surface area contributed by atoms with Gasteiger partial charge >= 0.3 is 0 Å². The average molecular weight is 255 g/mol. The maximum absolute atomic E-state index is 10.3. The van der Waals surface area contributed by atoms with E-state index in [-0.39, 0.29) is 6.10 Å². The Morgan fingerprint density at radius 1 is 1.21 bits per heavy atom. The molecule has 3 aliphatic rings. The largest absolute Gasteiger partial charge is 0.457 e. The lowest BCUT2D eigenvalue weighted by molar-refractivity contribution is 0.0214. The molecular weight excluding hydrogens is 238 g/mol. The monoisotopic (exact) mass is 255 g/mol. The van der Waals surface area contributed by atoms with Crippen LogP contribution < -0.4 is 0 Å². The number of benzene rings is 1. The van der Waals surface area contributed by atoms with Crippen LogP contribution in [0.25, 0.3) is 17.0 Å². The van der Waals surface area contributed by atoms with Gasteiger partial charge in [-0.15, -0.1) is 0 Å². The highest BCUT2D eigenvalue weighted by Gasteiger charge is 2.36. The first-order chi connectivity index (χ1) is 9.31. The summed E-state index contributed by atoms with van der Waals surface area (Å²) in [6.07, 6.45) is 3.91. The van der Waals surface area contributed by atoms with Gasteiger partial charge in [-0.05, 0) is 30.9 Å². The number of nitrogens with zero attached hydrogens (tertiary/aromatic N) is 1. The highest BCUT2D eigenvalue weighted by atomic mass is 16.3. The van der Waals surface area contributed by atoms with Gasteiger partial charge < -0.3 is 14.4 Å². The van der Waals surface area contributed by atoms with Crippen LogP contribution in [0.4, 0.5) is 0 Å². The molecule has 19 heavy (non-hydrogen) atoms. The minimum absolute atomic E-state index is 0.323. The molecule has 0 saturated carbocycles. The number of hydrogen-bond acceptors (Lipinski definition) is 3. The molecule has 1 aromatic carbocycles. The molecule has 1 N–H and O–H groups in total. The van der Waals surface area contributed by atoms with Crippen LogP contribution in [-0.4, -0.2) is 29.2 Å². The summed E-state index contributed by atoms with van der Waals surface area (Å²) in [4.78, 5) is 2.29. The fourth-order valence-electron chi connectivity index (χ4n) is 3.30. The Morgan fingerprint density at radius 3 is 2.74 bits per heavy atom. The molecule has 0 spiro atoms. The molecule has 5 rings (SSSR count). The fourth-order valence-corrected chi connectivity index (χ4v) is 3.30. The van der Waals surface area contributed by atoms with E-state index < -0.39 is 0 Å². The topological polar surface area (TPSA) is 36.6 Å². The highest BCUT2D eigenvalue weighted by Crippen LogP contribution is 2.36. The standard InChI is InChI=1S/C16H17NO2/c18-16-11-5-7-17(8-6-11)14(16)10-13-9-12-3-1-2-4-15(12)19-13/h1-4,9-11,16,18H,5-8H2/b14-10-/t16-/m1/s1. The fraction of sp³-hybridized carbons (Fsp3) is 0.375. The van der Waals surface area contributed by atoms with Crippen LogP contribution >= 0.6 is 0 Å². The van der Waals surface area contributed by atoms with Crippen LogP contribution in [0.15, 0.2) is 40.4 Å². The lowest BCUT2D eigenvalue weighted by Crippen LogP contribution is -2.48. The summed E-state index contributed by atoms with van der Waals surface area (Å²) in [5, 5.41) is 11.5. The van der Waals surface area contributed by atoms with Crippen molar-refractivity contribution in [2.45, 2.75) is 18.9 Å². The Bertz CT molecular complexity index is 598. The number of furan rings is 1. The Hall–Kier alpha value is -1.74. The number of rotatable bonds is 1. The van der Waals surface area contributed by atoms with E-state index in [1.807, 2.05) is 36.4 Å². The van der Waals surface area contributed by atoms with E-state index in [9.17, 15) is 5.11 Å². The molecule has 3 nitrogen and oxygen atoms in total. The van der Waals surface area contributed by atoms with Crippen LogP contribution in [0.1, 0.15) is 18.6 Å². The maximum atomic E-state index is 10.3. The summed E-state index contributed by atoms with van der Waals surface area (Å²) in [5.74, 6) is 1.27. The van der Waals surface area contributed by atoms with Crippen molar-refractivity contribution in [1.29, 1.82) is 0 Å². The summed E-state index contributed by atoms with van der Waals surface area (Å²) in [6, 6.07) is 10.0. The van der Waals surface area contributed by atoms with Crippen molar-refractivity contribution >= 4 is 17.0 Å². The van der Waals surface area contributed by atoms with E-state index in [4.69, 9.17) is 4.42 Å². The van der Waals surface area contributed by atoms with Gasteiger partial charge in [0, 0.05) is 30.2 Å². The van der Waals surface area contributed by atoms with E-state index in [2.05, 4.69) is 4.90 Å². The van der Waals surface area contributed by atoms with Crippen LogP contribution in [0.3, 0.4) is 0 Å². The molecule has 4 heterocycles. The number of para-hydroxylation sites is 1. The second kappa shape index (κ2) is 4.14. The first-order valence-electron chi connectivity index (χ1n) is 6.94. The first-order valence-corrected chi connectivity index (χ1v) is 6.94. The SMILES string of the molecule is O[C@H]1/C(=C/c2cc3ccccc3o2)N2CCC1CC2. The molecule has 1 aromatic heterocycles. The van der Waals surface area contributed by atoms with Crippen molar-refractivity contribution in [3.05, 3.63) is 41.8 Å². The Labute approximate surface area is 112 Å². The van der Waals surface area contributed by atoms with Gasteiger partial charge in [0.05, 0.1) is 6.10 Å². The van der Waals surface area contributed by atoms with E-state index >= 15 is 0 Å². The molecule has 3 aliphatic heterocycles. The number of aliphatic hydroxyl groups excluding tert-OH is 1. The van der Waals surface area contributed by atoms with Crippen LogP contribution in [0.2, 0.25) is 0 Å². The summed E-state index contributed by atoms with van der Waals surface area (Å²) in [7, 11) is 0. The third-order valence-electron chi connectivity index (χ3n) is 4.39. The Kier molecular flexibility index (Phi) is 2.42. The molecule has 0 unspecified atom stereocenters. The third-order valence-corrected chi connectivity index (χ3v) is 4.39. The predicted octanol–water partition coefficient (Wildman–Crippen LogP) is 2.86. The molecule has 0 aliphatic carbocycles. The molecule has 0 radical (unpaired) electrons. The minimum atomic E-state index is -0.323. The smallest absolute Gasteiger partial charge is 0.134 e. The number of aliphatic hydroxyl groups is 1. The number of fused-ring (bicyclic) bond motifs is 4.